The molecule has 0 aliphatic carbocycles. The predicted octanol–water partition coefficient (Wildman–Crippen LogP) is -6.24. The zero-order chi connectivity index (χ0) is 12.0. The Morgan fingerprint density at radius 1 is 0.684 bits per heavy atom. The van der Waals surface area contributed by atoms with Crippen LogP contribution in [0.25, 0.3) is 10.8 Å². The molecule has 2 aromatic carbocycles. The zero-order valence-electron chi connectivity index (χ0n) is 10.7. The van der Waals surface area contributed by atoms with Gasteiger partial charge >= 0.3 is 59.1 Å². The minimum atomic E-state index is -2.19. The summed E-state index contributed by atoms with van der Waals surface area (Å²) >= 11 is 0. The van der Waals surface area contributed by atoms with Crippen molar-refractivity contribution in [3.8, 4) is 0 Å². The third-order valence-electron chi connectivity index (χ3n) is 1.83. The van der Waals surface area contributed by atoms with Crippen molar-refractivity contribution >= 4 is 35.1 Å². The number of halogens is 1. The van der Waals surface area contributed by atoms with Crippen LogP contribution in [0.1, 0.15) is 0 Å². The summed E-state index contributed by atoms with van der Waals surface area (Å²) in [7, 11) is 0. The van der Waals surface area contributed by atoms with E-state index >= 15 is 0 Å². The van der Waals surface area contributed by atoms with Crippen molar-refractivity contribution in [1.82, 2.24) is 0 Å². The number of carbonyl (C=O) groups is 2. The predicted molar refractivity (Wildman–Crippen MR) is 61.2 cm³/mol. The minimum absolute atomic E-state index is 0. The molecule has 0 fully saturated rings. The van der Waals surface area contributed by atoms with Crippen molar-refractivity contribution in [2.75, 3.05) is 0 Å². The van der Waals surface area contributed by atoms with E-state index in [-0.39, 0.29) is 71.5 Å². The normalized spacial score (nSPS) is 7.58. The molecule has 7 heteroatoms. The Kier molecular flexibility index (Phi) is 16.3. The third kappa shape index (κ3) is 9.46. The van der Waals surface area contributed by atoms with Crippen LogP contribution < -0.4 is 69.3 Å². The number of benzene rings is 2. The SMILES string of the molecule is Cl.O=C([O-])C(=O)[O-].[Na+].[Na+].c1ccc2ccccc2c1. The van der Waals surface area contributed by atoms with Crippen molar-refractivity contribution in [2.24, 2.45) is 0 Å². The van der Waals surface area contributed by atoms with E-state index < -0.39 is 11.9 Å². The van der Waals surface area contributed by atoms with E-state index in [0.29, 0.717) is 0 Å². The van der Waals surface area contributed by atoms with E-state index in [0.717, 1.165) is 0 Å². The Morgan fingerprint density at radius 2 is 0.895 bits per heavy atom. The molecule has 2 aromatic rings. The Bertz CT molecular complexity index is 442. The summed E-state index contributed by atoms with van der Waals surface area (Å²) in [4.78, 5) is 17.9. The van der Waals surface area contributed by atoms with Gasteiger partial charge in [0.25, 0.3) is 0 Å². The van der Waals surface area contributed by atoms with Gasteiger partial charge in [-0.2, -0.15) is 0 Å². The Balaban J connectivity index is -0.000000257. The van der Waals surface area contributed by atoms with E-state index in [4.69, 9.17) is 19.8 Å². The Labute approximate surface area is 161 Å². The maximum absolute atomic E-state index is 8.93. The van der Waals surface area contributed by atoms with Crippen LogP contribution in [0.15, 0.2) is 48.5 Å². The van der Waals surface area contributed by atoms with Gasteiger partial charge < -0.3 is 19.8 Å². The van der Waals surface area contributed by atoms with Crippen molar-refractivity contribution < 1.29 is 78.9 Å². The second kappa shape index (κ2) is 12.9. The fraction of sp³-hybridized carbons (Fsp3) is 0. The van der Waals surface area contributed by atoms with Crippen LogP contribution in [0.3, 0.4) is 0 Å². The van der Waals surface area contributed by atoms with Crippen molar-refractivity contribution in [3.63, 3.8) is 0 Å². The molecule has 0 aromatic heterocycles. The molecule has 0 aliphatic rings. The van der Waals surface area contributed by atoms with Crippen molar-refractivity contribution in [1.29, 1.82) is 0 Å². The number of carbonyl (C=O) groups excluding carboxylic acids is 2. The molecule has 0 saturated carbocycles. The number of carboxylic acids is 2. The van der Waals surface area contributed by atoms with Gasteiger partial charge in [-0.3, -0.25) is 0 Å². The largest absolute Gasteiger partial charge is 1.00 e. The van der Waals surface area contributed by atoms with Gasteiger partial charge in [-0.25, -0.2) is 0 Å². The fourth-order valence-corrected chi connectivity index (χ4v) is 1.13. The first-order valence-electron chi connectivity index (χ1n) is 4.47. The third-order valence-corrected chi connectivity index (χ3v) is 1.83. The molecular weight excluding hydrogens is 290 g/mol. The first-order chi connectivity index (χ1) is 7.61. The van der Waals surface area contributed by atoms with Gasteiger partial charge in [0.05, 0.1) is 11.9 Å². The molecule has 0 aliphatic heterocycles. The van der Waals surface area contributed by atoms with Crippen LogP contribution in [0.5, 0.6) is 0 Å². The summed E-state index contributed by atoms with van der Waals surface area (Å²) in [6, 6.07) is 16.7. The summed E-state index contributed by atoms with van der Waals surface area (Å²) in [5.74, 6) is -4.37. The molecule has 0 unspecified atom stereocenters. The van der Waals surface area contributed by atoms with Gasteiger partial charge in [-0.05, 0) is 10.8 Å². The number of carboxylic acid groups (broad SMARTS) is 2. The van der Waals surface area contributed by atoms with Gasteiger partial charge in [-0.15, -0.1) is 12.4 Å². The maximum atomic E-state index is 8.93. The molecule has 0 atom stereocenters. The van der Waals surface area contributed by atoms with E-state index in [1.807, 2.05) is 0 Å². The van der Waals surface area contributed by atoms with Gasteiger partial charge in [0.15, 0.2) is 0 Å². The number of aliphatic carboxylic acids is 2. The van der Waals surface area contributed by atoms with E-state index in [1.165, 1.54) is 10.8 Å². The average Bonchev–Trinajstić information content (AvgIpc) is 2.30. The van der Waals surface area contributed by atoms with Crippen molar-refractivity contribution in [2.45, 2.75) is 0 Å². The van der Waals surface area contributed by atoms with E-state index in [9.17, 15) is 0 Å². The number of hydrogen-bond donors (Lipinski definition) is 0. The second-order valence-corrected chi connectivity index (χ2v) is 2.92. The van der Waals surface area contributed by atoms with E-state index in [1.54, 1.807) is 0 Å². The molecule has 0 bridgehead atoms. The molecule has 4 nitrogen and oxygen atoms in total. The standard InChI is InChI=1S/C10H8.C2H2O4.ClH.2Na/c1-2-6-10-8-4-3-7-9(10)5-1;3-1(4)2(5)6;;;/h1-8H;(H,3,4)(H,5,6);1H;;/q;;;2*+1/p-2. The molecular formula is C12H9ClNa2O4. The maximum Gasteiger partial charge on any atom is 1.00 e. The molecule has 90 valence electrons. The number of rotatable bonds is 0. The summed E-state index contributed by atoms with van der Waals surface area (Å²) < 4.78 is 0. The average molecular weight is 299 g/mol. The Morgan fingerprint density at radius 3 is 1.05 bits per heavy atom. The van der Waals surface area contributed by atoms with Crippen LogP contribution in [-0.4, -0.2) is 11.9 Å². The van der Waals surface area contributed by atoms with E-state index in [2.05, 4.69) is 48.5 Å². The molecule has 0 amide bonds. The van der Waals surface area contributed by atoms with Crippen LogP contribution in [0.4, 0.5) is 0 Å². The summed E-state index contributed by atoms with van der Waals surface area (Å²) in [6.07, 6.45) is 0. The number of hydrogen-bond acceptors (Lipinski definition) is 4. The first kappa shape index (κ1) is 24.0. The minimum Gasteiger partial charge on any atom is -0.543 e. The Hall–Kier alpha value is -0.0700. The monoisotopic (exact) mass is 298 g/mol. The molecule has 0 N–H and O–H groups in total. The quantitative estimate of drug-likeness (QED) is 0.358. The van der Waals surface area contributed by atoms with Crippen LogP contribution >= 0.6 is 12.4 Å². The molecule has 0 radical (unpaired) electrons. The van der Waals surface area contributed by atoms with Crippen LogP contribution in [-0.2, 0) is 9.59 Å². The first-order valence-corrected chi connectivity index (χ1v) is 4.47. The fourth-order valence-electron chi connectivity index (χ4n) is 1.13. The molecule has 0 heterocycles. The second-order valence-electron chi connectivity index (χ2n) is 2.92. The van der Waals surface area contributed by atoms with Crippen LogP contribution in [0, 0.1) is 0 Å². The molecule has 0 saturated heterocycles. The molecule has 19 heavy (non-hydrogen) atoms. The summed E-state index contributed by atoms with van der Waals surface area (Å²) in [5.41, 5.74) is 0. The molecule has 0 spiro atoms. The zero-order valence-corrected chi connectivity index (χ0v) is 15.5. The number of fused-ring (bicyclic) bond motifs is 1. The topological polar surface area (TPSA) is 80.3 Å². The van der Waals surface area contributed by atoms with Gasteiger partial charge in [0.2, 0.25) is 0 Å². The smallest absolute Gasteiger partial charge is 0.543 e. The van der Waals surface area contributed by atoms with Crippen LogP contribution in [0.2, 0.25) is 0 Å². The summed E-state index contributed by atoms with van der Waals surface area (Å²) in [5, 5.41) is 20.5. The van der Waals surface area contributed by atoms with Gasteiger partial charge in [0.1, 0.15) is 0 Å². The molecule has 2 rings (SSSR count). The van der Waals surface area contributed by atoms with Crippen molar-refractivity contribution in [3.05, 3.63) is 48.5 Å². The van der Waals surface area contributed by atoms with Gasteiger partial charge in [0, 0.05) is 0 Å². The van der Waals surface area contributed by atoms with Gasteiger partial charge in [-0.1, -0.05) is 48.5 Å². The summed E-state index contributed by atoms with van der Waals surface area (Å²) in [6.45, 7) is 0.